The monoisotopic (exact) mass is 253 g/mol. The molecule has 3 rings (SSSR count). The van der Waals surface area contributed by atoms with Crippen molar-refractivity contribution in [3.8, 4) is 0 Å². The Kier molecular flexibility index (Phi) is 1.71. The second-order valence-corrected chi connectivity index (χ2v) is 4.74. The molecule has 1 aliphatic carbocycles. The Morgan fingerprint density at radius 2 is 2.14 bits per heavy atom. The number of fused-ring (bicyclic) bond motifs is 1. The van der Waals surface area contributed by atoms with Crippen LogP contribution < -0.4 is 0 Å². The molecule has 1 fully saturated rings. The third kappa shape index (κ3) is 1.19. The molecule has 0 atom stereocenters. The zero-order chi connectivity index (χ0) is 9.71. The van der Waals surface area contributed by atoms with Crippen LogP contribution in [0.1, 0.15) is 24.3 Å². The van der Waals surface area contributed by atoms with Crippen molar-refractivity contribution in [1.29, 1.82) is 0 Å². The molecule has 2 aromatic rings. The quantitative estimate of drug-likeness (QED) is 0.793. The third-order valence-corrected chi connectivity index (χ3v) is 3.21. The first-order chi connectivity index (χ1) is 6.75. The van der Waals surface area contributed by atoms with Gasteiger partial charge in [-0.15, -0.1) is 0 Å². The van der Waals surface area contributed by atoms with Gasteiger partial charge < -0.3 is 4.98 Å². The summed E-state index contributed by atoms with van der Waals surface area (Å²) in [5.41, 5.74) is 1.90. The van der Waals surface area contributed by atoms with Gasteiger partial charge in [-0.05, 0) is 36.5 Å². The molecule has 1 aromatic heterocycles. The van der Waals surface area contributed by atoms with E-state index in [1.54, 1.807) is 0 Å². The fourth-order valence-electron chi connectivity index (χ4n) is 1.91. The number of aromatic amines is 1. The van der Waals surface area contributed by atoms with E-state index in [9.17, 15) is 4.39 Å². The van der Waals surface area contributed by atoms with Gasteiger partial charge in [-0.25, -0.2) is 4.39 Å². The molecule has 0 amide bonds. The number of hydrogen-bond donors (Lipinski definition) is 1. The number of benzene rings is 1. The Morgan fingerprint density at radius 1 is 1.36 bits per heavy atom. The number of aromatic nitrogens is 1. The lowest BCUT2D eigenvalue weighted by atomic mass is 10.1. The van der Waals surface area contributed by atoms with E-state index in [-0.39, 0.29) is 5.82 Å². The van der Waals surface area contributed by atoms with Crippen LogP contribution in [0.2, 0.25) is 0 Å². The smallest absolute Gasteiger partial charge is 0.148 e. The predicted octanol–water partition coefficient (Wildman–Crippen LogP) is 3.95. The fraction of sp³-hybridized carbons (Fsp3) is 0.273. The summed E-state index contributed by atoms with van der Waals surface area (Å²) in [6.07, 6.45) is 4.42. The highest BCUT2D eigenvalue weighted by Gasteiger charge is 2.26. The van der Waals surface area contributed by atoms with E-state index in [1.807, 2.05) is 12.3 Å². The van der Waals surface area contributed by atoms with Crippen LogP contribution in [0.5, 0.6) is 0 Å². The number of rotatable bonds is 1. The van der Waals surface area contributed by atoms with Crippen molar-refractivity contribution in [3.63, 3.8) is 0 Å². The number of halogens is 2. The standard InChI is InChI=1S/C11H9BrFN/c12-7-3-8-9(6-1-2-6)5-14-11(8)10(13)4-7/h3-6,14H,1-2H2. The molecule has 0 bridgehead atoms. The average molecular weight is 254 g/mol. The van der Waals surface area contributed by atoms with E-state index >= 15 is 0 Å². The number of hydrogen-bond acceptors (Lipinski definition) is 0. The first kappa shape index (κ1) is 8.48. The Morgan fingerprint density at radius 3 is 2.86 bits per heavy atom. The Bertz CT molecular complexity index is 499. The molecule has 0 radical (unpaired) electrons. The van der Waals surface area contributed by atoms with Crippen molar-refractivity contribution in [2.75, 3.05) is 0 Å². The molecule has 14 heavy (non-hydrogen) atoms. The minimum Gasteiger partial charge on any atom is -0.359 e. The molecule has 1 saturated carbocycles. The first-order valence-electron chi connectivity index (χ1n) is 4.72. The van der Waals surface area contributed by atoms with E-state index in [1.165, 1.54) is 24.5 Å². The van der Waals surface area contributed by atoms with E-state index in [0.717, 1.165) is 9.86 Å². The van der Waals surface area contributed by atoms with E-state index in [2.05, 4.69) is 20.9 Å². The Balaban J connectivity index is 2.33. The zero-order valence-electron chi connectivity index (χ0n) is 7.48. The molecular formula is C11H9BrFN. The summed E-state index contributed by atoms with van der Waals surface area (Å²) >= 11 is 3.32. The lowest BCUT2D eigenvalue weighted by molar-refractivity contribution is 0.636. The Labute approximate surface area is 89.4 Å². The highest BCUT2D eigenvalue weighted by molar-refractivity contribution is 9.10. The van der Waals surface area contributed by atoms with Gasteiger partial charge in [-0.2, -0.15) is 0 Å². The van der Waals surface area contributed by atoms with Crippen LogP contribution in [0.4, 0.5) is 4.39 Å². The van der Waals surface area contributed by atoms with Gasteiger partial charge >= 0.3 is 0 Å². The van der Waals surface area contributed by atoms with E-state index in [0.29, 0.717) is 11.4 Å². The molecule has 1 heterocycles. The maximum atomic E-state index is 13.5. The van der Waals surface area contributed by atoms with Crippen molar-refractivity contribution in [1.82, 2.24) is 4.98 Å². The molecule has 3 heteroatoms. The molecule has 72 valence electrons. The molecule has 0 unspecified atom stereocenters. The van der Waals surface area contributed by atoms with Crippen molar-refractivity contribution < 1.29 is 4.39 Å². The van der Waals surface area contributed by atoms with Crippen LogP contribution in [0, 0.1) is 5.82 Å². The summed E-state index contributed by atoms with van der Waals surface area (Å²) in [7, 11) is 0. The molecule has 1 nitrogen and oxygen atoms in total. The molecule has 0 saturated heterocycles. The van der Waals surface area contributed by atoms with Gasteiger partial charge in [0.1, 0.15) is 5.82 Å². The van der Waals surface area contributed by atoms with Crippen molar-refractivity contribution in [2.45, 2.75) is 18.8 Å². The van der Waals surface area contributed by atoms with Crippen molar-refractivity contribution in [2.24, 2.45) is 0 Å². The molecule has 0 aliphatic heterocycles. The first-order valence-corrected chi connectivity index (χ1v) is 5.51. The van der Waals surface area contributed by atoms with Gasteiger partial charge in [0, 0.05) is 16.1 Å². The summed E-state index contributed by atoms with van der Waals surface area (Å²) in [5.74, 6) is 0.471. The molecule has 1 aliphatic rings. The summed E-state index contributed by atoms with van der Waals surface area (Å²) in [5, 5.41) is 1.03. The second kappa shape index (κ2) is 2.83. The average Bonchev–Trinajstić information content (AvgIpc) is 2.87. The molecule has 1 N–H and O–H groups in total. The number of nitrogens with one attached hydrogen (secondary N) is 1. The minimum absolute atomic E-state index is 0.179. The highest BCUT2D eigenvalue weighted by Crippen LogP contribution is 2.43. The fourth-order valence-corrected chi connectivity index (χ4v) is 2.34. The van der Waals surface area contributed by atoms with Crippen LogP contribution in [0.25, 0.3) is 10.9 Å². The van der Waals surface area contributed by atoms with Crippen LogP contribution >= 0.6 is 15.9 Å². The molecule has 0 spiro atoms. The second-order valence-electron chi connectivity index (χ2n) is 3.83. The largest absolute Gasteiger partial charge is 0.359 e. The SMILES string of the molecule is Fc1cc(Br)cc2c(C3CC3)c[nH]c12. The van der Waals surface area contributed by atoms with Crippen molar-refractivity contribution in [3.05, 3.63) is 34.2 Å². The predicted molar refractivity (Wildman–Crippen MR) is 57.9 cm³/mol. The normalized spacial score (nSPS) is 16.4. The molecule has 1 aromatic carbocycles. The summed E-state index contributed by atoms with van der Waals surface area (Å²) in [4.78, 5) is 3.01. The summed E-state index contributed by atoms with van der Waals surface area (Å²) < 4.78 is 14.3. The topological polar surface area (TPSA) is 15.8 Å². The van der Waals surface area contributed by atoms with E-state index in [4.69, 9.17) is 0 Å². The highest BCUT2D eigenvalue weighted by atomic mass is 79.9. The van der Waals surface area contributed by atoms with Crippen LogP contribution in [-0.4, -0.2) is 4.98 Å². The van der Waals surface area contributed by atoms with Crippen LogP contribution in [-0.2, 0) is 0 Å². The van der Waals surface area contributed by atoms with Crippen molar-refractivity contribution >= 4 is 26.8 Å². The molecular weight excluding hydrogens is 245 g/mol. The van der Waals surface area contributed by atoms with Gasteiger partial charge in [-0.1, -0.05) is 15.9 Å². The maximum Gasteiger partial charge on any atom is 0.148 e. The third-order valence-electron chi connectivity index (χ3n) is 2.76. The van der Waals surface area contributed by atoms with Gasteiger partial charge in [-0.3, -0.25) is 0 Å². The summed E-state index contributed by atoms with van der Waals surface area (Å²) in [6, 6.07) is 3.48. The number of H-pyrrole nitrogens is 1. The summed E-state index contributed by atoms with van der Waals surface area (Å²) in [6.45, 7) is 0. The maximum absolute atomic E-state index is 13.5. The minimum atomic E-state index is -0.179. The van der Waals surface area contributed by atoms with Gasteiger partial charge in [0.2, 0.25) is 0 Å². The van der Waals surface area contributed by atoms with Crippen LogP contribution in [0.3, 0.4) is 0 Å². The van der Waals surface area contributed by atoms with Crippen LogP contribution in [0.15, 0.2) is 22.8 Å². The lowest BCUT2D eigenvalue weighted by Gasteiger charge is -1.97. The van der Waals surface area contributed by atoms with Gasteiger partial charge in [0.05, 0.1) is 5.52 Å². The lowest BCUT2D eigenvalue weighted by Crippen LogP contribution is -1.79. The van der Waals surface area contributed by atoms with E-state index < -0.39 is 0 Å². The Hall–Kier alpha value is -0.830. The zero-order valence-corrected chi connectivity index (χ0v) is 9.07. The van der Waals surface area contributed by atoms with Gasteiger partial charge in [0.15, 0.2) is 0 Å². The van der Waals surface area contributed by atoms with Gasteiger partial charge in [0.25, 0.3) is 0 Å².